The molecule has 0 saturated heterocycles. The summed E-state index contributed by atoms with van der Waals surface area (Å²) in [6.07, 6.45) is -5.09. The second kappa shape index (κ2) is 15.1. The molecule has 6 nitrogen and oxygen atoms in total. The van der Waals surface area contributed by atoms with E-state index in [9.17, 15) is 13.2 Å². The summed E-state index contributed by atoms with van der Waals surface area (Å²) >= 11 is -3.51. The van der Waals surface area contributed by atoms with Crippen LogP contribution in [-0.2, 0) is 39.7 Å². The second-order valence-electron chi connectivity index (χ2n) is 8.27. The molecule has 1 heterocycles. The van der Waals surface area contributed by atoms with Crippen molar-refractivity contribution in [3.8, 4) is 0 Å². The van der Waals surface area contributed by atoms with Crippen molar-refractivity contribution in [2.24, 2.45) is 17.0 Å². The number of hydrogen-bond donors (Lipinski definition) is 0. The fraction of sp³-hybridized carbons (Fsp3) is 0.296. The Labute approximate surface area is 236 Å². The molecule has 0 amide bonds. The number of rotatable bonds is 5. The van der Waals surface area contributed by atoms with E-state index < -0.39 is 17.7 Å². The summed E-state index contributed by atoms with van der Waals surface area (Å²) in [5.74, 6) is 0. The third-order valence-corrected chi connectivity index (χ3v) is 5.79. The Morgan fingerprint density at radius 2 is 1.13 bits per heavy atom. The van der Waals surface area contributed by atoms with Crippen LogP contribution >= 0.6 is 0 Å². The van der Waals surface area contributed by atoms with E-state index in [1.54, 1.807) is 0 Å². The molecule has 1 atom stereocenters. The molecule has 0 aliphatic heterocycles. The van der Waals surface area contributed by atoms with E-state index in [-0.39, 0.29) is 24.5 Å². The molecule has 3 rings (SSSR count). The number of halogens is 3. The molecule has 0 N–H and O–H groups in total. The summed E-state index contributed by atoms with van der Waals surface area (Å²) < 4.78 is 54.8. The van der Waals surface area contributed by atoms with Gasteiger partial charge in [0.25, 0.3) is 0 Å². The van der Waals surface area contributed by atoms with Crippen LogP contribution in [0.25, 0.3) is 0 Å². The molecule has 0 aliphatic rings. The molecule has 0 fully saturated rings. The van der Waals surface area contributed by atoms with Crippen molar-refractivity contribution >= 4 is 34.2 Å². The minimum absolute atomic E-state index is 0. The number of hydrogen-bond acceptors (Lipinski definition) is 5. The Hall–Kier alpha value is -2.56. The van der Waals surface area contributed by atoms with Gasteiger partial charge < -0.3 is 16.5 Å². The number of alkyl halides is 3. The van der Waals surface area contributed by atoms with Crippen molar-refractivity contribution in [2.75, 3.05) is 0 Å². The molecule has 3 aromatic rings. The van der Waals surface area contributed by atoms with E-state index in [1.807, 2.05) is 0 Å². The van der Waals surface area contributed by atoms with Crippen LogP contribution in [0.2, 0.25) is 0 Å². The van der Waals surface area contributed by atoms with Crippen LogP contribution in [0.5, 0.6) is 0 Å². The molecular formula is C27H32F3FeN3O3S. The summed E-state index contributed by atoms with van der Waals surface area (Å²) in [4.78, 5) is 9.86. The summed E-state index contributed by atoms with van der Waals surface area (Å²) in [7, 11) is 2.08. The van der Waals surface area contributed by atoms with Gasteiger partial charge in [0.15, 0.2) is 0 Å². The van der Waals surface area contributed by atoms with Crippen LogP contribution in [0, 0.1) is 35.1 Å². The molecule has 208 valence electrons. The molecule has 1 unspecified atom stereocenters. The number of para-hydroxylation sites is 2. The van der Waals surface area contributed by atoms with Gasteiger partial charge in [0.1, 0.15) is 0 Å². The van der Waals surface area contributed by atoms with Gasteiger partial charge in [-0.2, -0.15) is 0 Å². The second-order valence-corrected chi connectivity index (χ2v) is 8.85. The first kappa shape index (κ1) is 35.4. The SMILES string of the molecule is CC(=Nc1c(C)cccc1C)c1ccc(C(C)=Nc2c(C)cccc2C)n1C.O=S([O-])OC(F)(F)F.[CH3-].[Fe+2]. The van der Waals surface area contributed by atoms with E-state index in [0.717, 1.165) is 34.2 Å². The smallest absolute Gasteiger partial charge is 0.750 e. The molecule has 1 aromatic heterocycles. The average molecular weight is 591 g/mol. The van der Waals surface area contributed by atoms with Crippen LogP contribution in [0.15, 0.2) is 58.5 Å². The predicted molar refractivity (Wildman–Crippen MR) is 143 cm³/mol. The zero-order chi connectivity index (χ0) is 27.2. The largest absolute Gasteiger partial charge is 2.00 e. The Balaban J connectivity index is 0.00000120. The topological polar surface area (TPSA) is 79.0 Å². The number of aryl methyl sites for hydroxylation is 4. The maximum absolute atomic E-state index is 10.7. The fourth-order valence-corrected chi connectivity index (χ4v) is 3.88. The minimum atomic E-state index is -5.09. The van der Waals surface area contributed by atoms with Gasteiger partial charge in [-0.05, 0) is 75.9 Å². The monoisotopic (exact) mass is 591 g/mol. The first-order valence-corrected chi connectivity index (χ1v) is 12.0. The van der Waals surface area contributed by atoms with Gasteiger partial charge in [-0.25, -0.2) is 8.39 Å². The van der Waals surface area contributed by atoms with E-state index in [0.29, 0.717) is 0 Å². The van der Waals surface area contributed by atoms with Gasteiger partial charge >= 0.3 is 23.4 Å². The van der Waals surface area contributed by atoms with Crippen LogP contribution in [-0.4, -0.2) is 31.1 Å². The number of aliphatic imine (C=N–C) groups is 2. The summed E-state index contributed by atoms with van der Waals surface area (Å²) in [5.41, 5.74) is 11.1. The fourth-order valence-electron chi connectivity index (χ4n) is 3.73. The Morgan fingerprint density at radius 1 is 0.816 bits per heavy atom. The molecule has 2 aromatic carbocycles. The molecule has 0 bridgehead atoms. The average Bonchev–Trinajstić information content (AvgIpc) is 3.13. The Morgan fingerprint density at radius 3 is 1.37 bits per heavy atom. The van der Waals surface area contributed by atoms with Crippen LogP contribution in [0.1, 0.15) is 47.5 Å². The predicted octanol–water partition coefficient (Wildman–Crippen LogP) is 7.30. The molecular weight excluding hydrogens is 559 g/mol. The normalized spacial score (nSPS) is 12.6. The molecule has 11 heteroatoms. The molecule has 38 heavy (non-hydrogen) atoms. The van der Waals surface area contributed by atoms with Gasteiger partial charge in [-0.3, -0.25) is 9.98 Å². The standard InChI is InChI=1S/C25H29N3.CHF3O3S.CH3.Fe/c1-16-10-8-11-17(2)24(16)26-20(5)22-14-15-23(28(22)7)21(6)27-25-18(3)12-9-13-19(25)4;2-1(3,4)7-8(5)6;;/h8-15H,1-7H3;(H,5,6);1H3;/q;;-1;+2/p-1. The van der Waals surface area contributed by atoms with E-state index in [4.69, 9.17) is 18.7 Å². The molecule has 0 radical (unpaired) electrons. The van der Waals surface area contributed by atoms with Crippen molar-refractivity contribution in [3.63, 3.8) is 0 Å². The number of benzene rings is 2. The van der Waals surface area contributed by atoms with Gasteiger partial charge in [0.05, 0.1) is 45.5 Å². The van der Waals surface area contributed by atoms with Crippen molar-refractivity contribution in [2.45, 2.75) is 47.9 Å². The Kier molecular flexibility index (Phi) is 14.1. The van der Waals surface area contributed by atoms with E-state index in [1.165, 1.54) is 22.3 Å². The third kappa shape index (κ3) is 9.96. The summed E-state index contributed by atoms with van der Waals surface area (Å²) in [6, 6.07) is 16.8. The van der Waals surface area contributed by atoms with Gasteiger partial charge in [0.2, 0.25) is 0 Å². The van der Waals surface area contributed by atoms with Crippen LogP contribution in [0.3, 0.4) is 0 Å². The van der Waals surface area contributed by atoms with Crippen molar-refractivity contribution in [1.29, 1.82) is 0 Å². The van der Waals surface area contributed by atoms with Crippen molar-refractivity contribution in [1.82, 2.24) is 4.57 Å². The van der Waals surface area contributed by atoms with Gasteiger partial charge in [-0.1, -0.05) is 36.4 Å². The zero-order valence-electron chi connectivity index (χ0n) is 22.6. The first-order chi connectivity index (χ1) is 16.7. The van der Waals surface area contributed by atoms with Crippen molar-refractivity contribution in [3.05, 3.63) is 89.6 Å². The van der Waals surface area contributed by atoms with E-state index in [2.05, 4.69) is 106 Å². The van der Waals surface area contributed by atoms with Crippen LogP contribution in [0.4, 0.5) is 24.5 Å². The van der Waals surface area contributed by atoms with Gasteiger partial charge in [-0.15, -0.1) is 13.2 Å². The summed E-state index contributed by atoms with van der Waals surface area (Å²) in [6.45, 7) is 12.6. The maximum Gasteiger partial charge on any atom is 2.00 e. The van der Waals surface area contributed by atoms with E-state index >= 15 is 0 Å². The minimum Gasteiger partial charge on any atom is -0.750 e. The van der Waals surface area contributed by atoms with Crippen molar-refractivity contribution < 1.29 is 43.2 Å². The number of nitrogens with zero attached hydrogens (tertiary/aromatic N) is 3. The first-order valence-electron chi connectivity index (χ1n) is 11.0. The maximum atomic E-state index is 10.7. The van der Waals surface area contributed by atoms with Gasteiger partial charge in [0, 0.05) is 7.05 Å². The third-order valence-electron chi connectivity index (χ3n) is 5.46. The molecule has 0 spiro atoms. The Bertz CT molecular complexity index is 1190. The number of aromatic nitrogens is 1. The van der Waals surface area contributed by atoms with Crippen LogP contribution < -0.4 is 0 Å². The zero-order valence-corrected chi connectivity index (χ0v) is 24.5. The molecule has 0 aliphatic carbocycles. The quantitative estimate of drug-likeness (QED) is 0.135. The molecule has 0 saturated carbocycles. The summed E-state index contributed by atoms with van der Waals surface area (Å²) in [5, 5.41) is 0.